The van der Waals surface area contributed by atoms with Crippen molar-refractivity contribution in [3.05, 3.63) is 11.4 Å². The number of urea groups is 1. The summed E-state index contributed by atoms with van der Waals surface area (Å²) in [6, 6.07) is -1.39. The Kier molecular flexibility index (Phi) is 4.07. The van der Waals surface area contributed by atoms with E-state index in [0.29, 0.717) is 24.9 Å². The normalized spacial score (nSPS) is 19.2. The Morgan fingerprint density at radius 3 is 2.64 bits per heavy atom. The van der Waals surface area contributed by atoms with E-state index >= 15 is 0 Å². The molecule has 0 radical (unpaired) electrons. The molecule has 10 nitrogen and oxygen atoms in total. The van der Waals surface area contributed by atoms with Gasteiger partial charge in [-0.3, -0.25) is 19.4 Å². The molecule has 4 amide bonds. The van der Waals surface area contributed by atoms with Crippen molar-refractivity contribution in [2.75, 3.05) is 27.3 Å². The minimum absolute atomic E-state index is 0.347. The molecule has 0 aromatic carbocycles. The summed E-state index contributed by atoms with van der Waals surface area (Å²) < 4.78 is 8.88. The van der Waals surface area contributed by atoms with Gasteiger partial charge < -0.3 is 10.5 Å². The summed E-state index contributed by atoms with van der Waals surface area (Å²) in [4.78, 5) is 43.2. The monoisotopic (exact) mass is 349 g/mol. The van der Waals surface area contributed by atoms with E-state index in [2.05, 4.69) is 4.99 Å². The summed E-state index contributed by atoms with van der Waals surface area (Å²) in [5.74, 6) is -0.318. The zero-order valence-electron chi connectivity index (χ0n) is 14.6. The first kappa shape index (κ1) is 17.1. The summed E-state index contributed by atoms with van der Waals surface area (Å²) in [7, 11) is 3.14. The molecule has 1 fully saturated rings. The molecule has 0 spiro atoms. The summed E-state index contributed by atoms with van der Waals surface area (Å²) in [6.07, 6.45) is 0. The molecule has 25 heavy (non-hydrogen) atoms. The zero-order chi connectivity index (χ0) is 18.5. The van der Waals surface area contributed by atoms with E-state index in [9.17, 15) is 14.4 Å². The van der Waals surface area contributed by atoms with Gasteiger partial charge in [0.05, 0.1) is 13.2 Å². The SMILES string of the molecule is COCC[n+]1c(C)c(C)n2c1N=C1C2C(=O)N(CC(N)=O)C(=O)N1C. The van der Waals surface area contributed by atoms with Crippen LogP contribution in [0.25, 0.3) is 0 Å². The lowest BCUT2D eigenvalue weighted by Gasteiger charge is -2.32. The van der Waals surface area contributed by atoms with Crippen molar-refractivity contribution in [1.29, 1.82) is 0 Å². The summed E-state index contributed by atoms with van der Waals surface area (Å²) in [5, 5.41) is 0. The first-order valence-corrected chi connectivity index (χ1v) is 7.85. The molecule has 3 rings (SSSR count). The van der Waals surface area contributed by atoms with Crippen LogP contribution in [0.4, 0.5) is 10.7 Å². The van der Waals surface area contributed by atoms with Gasteiger partial charge in [-0.05, 0) is 13.8 Å². The maximum absolute atomic E-state index is 12.9. The van der Waals surface area contributed by atoms with Gasteiger partial charge in [0, 0.05) is 14.2 Å². The van der Waals surface area contributed by atoms with Crippen LogP contribution < -0.4 is 10.3 Å². The fraction of sp³-hybridized carbons (Fsp3) is 0.533. The number of aromatic nitrogens is 2. The minimum atomic E-state index is -0.778. The highest BCUT2D eigenvalue weighted by Crippen LogP contribution is 2.34. The van der Waals surface area contributed by atoms with E-state index < -0.39 is 30.4 Å². The number of nitrogens with two attached hydrogens (primary N) is 1. The Morgan fingerprint density at radius 2 is 2.04 bits per heavy atom. The number of methoxy groups -OCH3 is 1. The van der Waals surface area contributed by atoms with Crippen LogP contribution in [0.15, 0.2) is 4.99 Å². The lowest BCUT2D eigenvalue weighted by atomic mass is 10.1. The van der Waals surface area contributed by atoms with Crippen LogP contribution in [0.3, 0.4) is 0 Å². The van der Waals surface area contributed by atoms with E-state index in [1.54, 1.807) is 11.7 Å². The molecular weight excluding hydrogens is 328 g/mol. The second-order valence-electron chi connectivity index (χ2n) is 6.09. The summed E-state index contributed by atoms with van der Waals surface area (Å²) in [5.41, 5.74) is 7.01. The number of aliphatic imine (C=N–C) groups is 1. The number of rotatable bonds is 5. The van der Waals surface area contributed by atoms with Gasteiger partial charge in [-0.15, -0.1) is 0 Å². The van der Waals surface area contributed by atoms with Crippen LogP contribution >= 0.6 is 0 Å². The van der Waals surface area contributed by atoms with Crippen LogP contribution in [0.1, 0.15) is 17.4 Å². The van der Waals surface area contributed by atoms with E-state index in [4.69, 9.17) is 10.5 Å². The van der Waals surface area contributed by atoms with Gasteiger partial charge in [-0.25, -0.2) is 13.9 Å². The number of carbonyl (C=O) groups excluding carboxylic acids is 3. The standard InChI is InChI=1S/C15H20N6O4/c1-8-9(2)21-11-12(17-14(21)19(8)5-6-25-4)18(3)15(24)20(13(11)23)7-10(16)22/h11H,5-7H2,1-4H3,(H-,16,22)/p+1. The Labute approximate surface area is 144 Å². The Hall–Kier alpha value is -2.75. The zero-order valence-corrected chi connectivity index (χ0v) is 14.6. The number of amides is 4. The predicted octanol–water partition coefficient (Wildman–Crippen LogP) is -0.997. The topological polar surface area (TPSA) is 114 Å². The number of hydrogen-bond donors (Lipinski definition) is 1. The van der Waals surface area contributed by atoms with E-state index in [0.717, 1.165) is 16.3 Å². The second kappa shape index (κ2) is 5.96. The average molecular weight is 349 g/mol. The van der Waals surface area contributed by atoms with Crippen molar-refractivity contribution in [3.63, 3.8) is 0 Å². The van der Waals surface area contributed by atoms with Gasteiger partial charge in [-0.1, -0.05) is 4.99 Å². The summed E-state index contributed by atoms with van der Waals surface area (Å²) >= 11 is 0. The van der Waals surface area contributed by atoms with Crippen LogP contribution in [0.2, 0.25) is 0 Å². The fourth-order valence-electron chi connectivity index (χ4n) is 3.25. The predicted molar refractivity (Wildman–Crippen MR) is 86.2 cm³/mol. The van der Waals surface area contributed by atoms with Crippen LogP contribution in [0, 0.1) is 13.8 Å². The number of imidazole rings is 1. The average Bonchev–Trinajstić information content (AvgIpc) is 3.05. The molecule has 3 heterocycles. The highest BCUT2D eigenvalue weighted by atomic mass is 16.5. The van der Waals surface area contributed by atoms with Crippen molar-refractivity contribution < 1.29 is 23.7 Å². The lowest BCUT2D eigenvalue weighted by molar-refractivity contribution is -0.690. The third kappa shape index (κ3) is 2.40. The van der Waals surface area contributed by atoms with Crippen molar-refractivity contribution >= 4 is 29.6 Å². The molecule has 1 aromatic heterocycles. The van der Waals surface area contributed by atoms with Gasteiger partial charge in [0.2, 0.25) is 17.8 Å². The molecule has 0 saturated carbocycles. The molecule has 1 unspecified atom stereocenters. The van der Waals surface area contributed by atoms with Crippen LogP contribution in [-0.2, 0) is 20.9 Å². The number of fused-ring (bicyclic) bond motifs is 3. The lowest BCUT2D eigenvalue weighted by Crippen LogP contribution is -2.59. The number of imide groups is 1. The molecule has 2 aliphatic heterocycles. The Bertz CT molecular complexity index is 811. The molecular formula is C15H21N6O4+. The van der Waals surface area contributed by atoms with Crippen molar-refractivity contribution in [3.8, 4) is 0 Å². The first-order valence-electron chi connectivity index (χ1n) is 7.85. The minimum Gasteiger partial charge on any atom is -0.381 e. The highest BCUT2D eigenvalue weighted by Gasteiger charge is 2.54. The van der Waals surface area contributed by atoms with E-state index in [-0.39, 0.29) is 0 Å². The number of hydrogen-bond acceptors (Lipinski definition) is 5. The fourth-order valence-corrected chi connectivity index (χ4v) is 3.25. The third-order valence-corrected chi connectivity index (χ3v) is 4.66. The molecule has 134 valence electrons. The van der Waals surface area contributed by atoms with Gasteiger partial charge in [0.15, 0.2) is 0 Å². The molecule has 2 N–H and O–H groups in total. The highest BCUT2D eigenvalue weighted by molar-refractivity contribution is 6.21. The number of likely N-dealkylation sites (N-methyl/N-ethyl adjacent to an activating group) is 1. The number of carbonyl (C=O) groups is 3. The first-order chi connectivity index (χ1) is 11.8. The van der Waals surface area contributed by atoms with Crippen molar-refractivity contribution in [1.82, 2.24) is 14.4 Å². The van der Waals surface area contributed by atoms with Crippen molar-refractivity contribution in [2.45, 2.75) is 26.4 Å². The molecule has 1 aromatic rings. The van der Waals surface area contributed by atoms with E-state index in [1.807, 2.05) is 18.4 Å². The molecule has 2 aliphatic rings. The quantitative estimate of drug-likeness (QED) is 0.687. The van der Waals surface area contributed by atoms with Gasteiger partial charge in [0.25, 0.3) is 5.91 Å². The molecule has 0 aliphatic carbocycles. The van der Waals surface area contributed by atoms with Crippen molar-refractivity contribution in [2.24, 2.45) is 10.7 Å². The maximum atomic E-state index is 12.9. The number of nitrogens with zero attached hydrogens (tertiary/aromatic N) is 5. The largest absolute Gasteiger partial charge is 0.402 e. The molecule has 0 bridgehead atoms. The number of primary amides is 1. The third-order valence-electron chi connectivity index (χ3n) is 4.66. The van der Waals surface area contributed by atoms with Crippen LogP contribution in [0.5, 0.6) is 0 Å². The Balaban J connectivity index is 2.10. The van der Waals surface area contributed by atoms with Gasteiger partial charge in [-0.2, -0.15) is 0 Å². The molecule has 10 heteroatoms. The second-order valence-corrected chi connectivity index (χ2v) is 6.09. The summed E-state index contributed by atoms with van der Waals surface area (Å²) in [6.45, 7) is 4.45. The molecule has 1 saturated heterocycles. The van der Waals surface area contributed by atoms with Crippen LogP contribution in [-0.4, -0.2) is 65.4 Å². The van der Waals surface area contributed by atoms with Gasteiger partial charge >= 0.3 is 12.0 Å². The molecule has 1 atom stereocenters. The smallest absolute Gasteiger partial charge is 0.381 e. The number of amidine groups is 1. The number of ether oxygens (including phenoxy) is 1. The van der Waals surface area contributed by atoms with Gasteiger partial charge in [0.1, 0.15) is 17.9 Å². The Morgan fingerprint density at radius 1 is 1.36 bits per heavy atom. The van der Waals surface area contributed by atoms with E-state index in [1.165, 1.54) is 11.9 Å². The maximum Gasteiger partial charge on any atom is 0.402 e.